The predicted octanol–water partition coefficient (Wildman–Crippen LogP) is 5.44. The summed E-state index contributed by atoms with van der Waals surface area (Å²) in [7, 11) is 0. The lowest BCUT2D eigenvalue weighted by atomic mass is 10.1. The van der Waals surface area contributed by atoms with Crippen LogP contribution in [0.15, 0.2) is 64.6 Å². The minimum Gasteiger partial charge on any atom is -0.506 e. The minimum absolute atomic E-state index is 0.0348. The summed E-state index contributed by atoms with van der Waals surface area (Å²) in [5, 5.41) is 16.2. The van der Waals surface area contributed by atoms with Gasteiger partial charge in [-0.2, -0.15) is 5.10 Å². The van der Waals surface area contributed by atoms with Gasteiger partial charge in [-0.15, -0.1) is 0 Å². The Labute approximate surface area is 220 Å². The number of nitrogens with zero attached hydrogens (tertiary/aromatic N) is 2. The number of aryl methyl sites for hydroxylation is 1. The number of imide groups is 1. The van der Waals surface area contributed by atoms with Gasteiger partial charge in [0.25, 0.3) is 17.1 Å². The highest BCUT2D eigenvalue weighted by Gasteiger charge is 2.38. The summed E-state index contributed by atoms with van der Waals surface area (Å²) in [6.07, 6.45) is 3.23. The first-order valence-corrected chi connectivity index (χ1v) is 12.4. The third-order valence-electron chi connectivity index (χ3n) is 5.90. The summed E-state index contributed by atoms with van der Waals surface area (Å²) >= 11 is 0.742. The van der Waals surface area contributed by atoms with Crippen molar-refractivity contribution < 1.29 is 28.3 Å². The highest BCUT2D eigenvalue weighted by molar-refractivity contribution is 8.18. The smallest absolute Gasteiger partial charge is 0.290 e. The molecule has 0 saturated carbocycles. The molecule has 2 heterocycles. The van der Waals surface area contributed by atoms with Gasteiger partial charge in [0, 0.05) is 17.3 Å². The molecule has 0 radical (unpaired) electrons. The molecule has 0 atom stereocenters. The van der Waals surface area contributed by atoms with Crippen LogP contribution in [-0.2, 0) is 16.0 Å². The molecule has 38 heavy (non-hydrogen) atoms. The number of halogens is 2. The molecular formula is C27H20F2N4O4S. The number of hydrazone groups is 1. The molecule has 0 aromatic heterocycles. The van der Waals surface area contributed by atoms with Gasteiger partial charge in [0.1, 0.15) is 11.6 Å². The number of amides is 3. The molecule has 1 fully saturated rings. The van der Waals surface area contributed by atoms with Gasteiger partial charge in [-0.25, -0.2) is 8.78 Å². The van der Waals surface area contributed by atoms with Crippen LogP contribution in [0.2, 0.25) is 0 Å². The van der Waals surface area contributed by atoms with Crippen LogP contribution in [-0.4, -0.2) is 27.9 Å². The second-order valence-electron chi connectivity index (χ2n) is 8.54. The van der Waals surface area contributed by atoms with Crippen molar-refractivity contribution in [3.05, 3.63) is 87.8 Å². The van der Waals surface area contributed by atoms with E-state index in [-0.39, 0.29) is 33.3 Å². The normalized spacial score (nSPS) is 16.9. The highest BCUT2D eigenvalue weighted by Crippen LogP contribution is 2.39. The summed E-state index contributed by atoms with van der Waals surface area (Å²) in [6, 6.07) is 13.2. The molecule has 5 rings (SSSR count). The number of carbonyl (C=O) groups excluding carboxylic acids is 3. The van der Waals surface area contributed by atoms with E-state index in [2.05, 4.69) is 15.8 Å². The van der Waals surface area contributed by atoms with Crippen LogP contribution in [0, 0.1) is 11.6 Å². The number of phenolic OH excluding ortho intramolecular Hbond substituents is 1. The van der Waals surface area contributed by atoms with E-state index in [1.807, 2.05) is 19.1 Å². The Balaban J connectivity index is 1.46. The van der Waals surface area contributed by atoms with Crippen LogP contribution in [0.5, 0.6) is 5.75 Å². The Bertz CT molecular complexity index is 1550. The Kier molecular flexibility index (Phi) is 6.68. The summed E-state index contributed by atoms with van der Waals surface area (Å²) in [4.78, 5) is 37.8. The van der Waals surface area contributed by atoms with Gasteiger partial charge in [-0.3, -0.25) is 30.0 Å². The van der Waals surface area contributed by atoms with Gasteiger partial charge in [-0.1, -0.05) is 31.5 Å². The van der Waals surface area contributed by atoms with Gasteiger partial charge < -0.3 is 5.11 Å². The molecule has 192 valence electrons. The zero-order chi connectivity index (χ0) is 27.0. The molecule has 1 saturated heterocycles. The van der Waals surface area contributed by atoms with Gasteiger partial charge in [0.15, 0.2) is 11.5 Å². The molecule has 11 heteroatoms. The maximum absolute atomic E-state index is 14.9. The van der Waals surface area contributed by atoms with E-state index in [0.29, 0.717) is 17.3 Å². The molecule has 3 aromatic rings. The number of hydrogen-bond donors (Lipinski definition) is 3. The number of fused-ring (bicyclic) bond motifs is 1. The third kappa shape index (κ3) is 4.75. The first kappa shape index (κ1) is 25.2. The average Bonchev–Trinajstić information content (AvgIpc) is 3.33. The van der Waals surface area contributed by atoms with Crippen molar-refractivity contribution >= 4 is 57.7 Å². The molecule has 3 amide bonds. The van der Waals surface area contributed by atoms with Crippen molar-refractivity contribution in [2.45, 2.75) is 19.8 Å². The van der Waals surface area contributed by atoms with Gasteiger partial charge in [0.2, 0.25) is 0 Å². The van der Waals surface area contributed by atoms with Gasteiger partial charge in [-0.05, 0) is 65.7 Å². The van der Waals surface area contributed by atoms with Gasteiger partial charge in [0.05, 0.1) is 16.3 Å². The molecule has 2 aliphatic rings. The van der Waals surface area contributed by atoms with E-state index in [1.54, 1.807) is 18.2 Å². The molecule has 3 N–H and O–H groups in total. The second kappa shape index (κ2) is 10.1. The average molecular weight is 535 g/mol. The Morgan fingerprint density at radius 2 is 1.84 bits per heavy atom. The van der Waals surface area contributed by atoms with Crippen LogP contribution in [0.25, 0.3) is 6.08 Å². The maximum atomic E-state index is 14.9. The van der Waals surface area contributed by atoms with Crippen molar-refractivity contribution in [1.82, 2.24) is 5.32 Å². The number of thioether (sulfide) groups is 1. The molecular weight excluding hydrogens is 514 g/mol. The first-order chi connectivity index (χ1) is 18.2. The fraction of sp³-hybridized carbons (Fsp3) is 0.111. The van der Waals surface area contributed by atoms with Crippen LogP contribution >= 0.6 is 11.8 Å². The first-order valence-electron chi connectivity index (χ1n) is 11.6. The SMILES string of the molecule is CCCc1ccc(N2C(=O)/C(=N\Nc3ccc(/C=C4/SC(=O)NC4=O)cc3O)c3cc(F)cc(F)c32)cc1. The quantitative estimate of drug-likeness (QED) is 0.221. The number of anilines is 3. The summed E-state index contributed by atoms with van der Waals surface area (Å²) in [5.74, 6) is -3.25. The molecule has 8 nitrogen and oxygen atoms in total. The molecule has 0 bridgehead atoms. The van der Waals surface area contributed by atoms with E-state index >= 15 is 0 Å². The van der Waals surface area contributed by atoms with Crippen molar-refractivity contribution in [1.29, 1.82) is 0 Å². The van der Waals surface area contributed by atoms with E-state index in [1.165, 1.54) is 18.2 Å². The Morgan fingerprint density at radius 1 is 1.08 bits per heavy atom. The number of carbonyl (C=O) groups is 3. The number of rotatable bonds is 6. The lowest BCUT2D eigenvalue weighted by molar-refractivity contribution is -0.115. The highest BCUT2D eigenvalue weighted by atomic mass is 32.2. The zero-order valence-electron chi connectivity index (χ0n) is 19.9. The van der Waals surface area contributed by atoms with Crippen molar-refractivity contribution in [3.63, 3.8) is 0 Å². The second-order valence-corrected chi connectivity index (χ2v) is 9.56. The molecule has 3 aromatic carbocycles. The maximum Gasteiger partial charge on any atom is 0.290 e. The fourth-order valence-corrected chi connectivity index (χ4v) is 4.85. The van der Waals surface area contributed by atoms with Gasteiger partial charge >= 0.3 is 0 Å². The number of phenols is 1. The number of hydrogen-bond acceptors (Lipinski definition) is 7. The minimum atomic E-state index is -0.913. The summed E-state index contributed by atoms with van der Waals surface area (Å²) in [5.41, 5.74) is 4.21. The van der Waals surface area contributed by atoms with Crippen LogP contribution in [0.4, 0.5) is 30.6 Å². The Hall–Kier alpha value is -4.51. The number of benzene rings is 3. The monoisotopic (exact) mass is 534 g/mol. The lowest BCUT2D eigenvalue weighted by Gasteiger charge is -2.18. The standard InChI is InChI=1S/C27H20F2N4O4S/c1-2-3-14-4-7-17(8-5-14)33-24-18(12-16(28)13-19(24)29)23(26(33)36)32-31-20-9-6-15(10-21(20)34)11-22-25(35)30-27(37)38-22/h4-13,31,34H,2-3H2,1H3,(H,30,35,37)/b22-11+,32-23-. The zero-order valence-corrected chi connectivity index (χ0v) is 20.7. The molecule has 0 aliphatic carbocycles. The van der Waals surface area contributed by atoms with E-state index in [9.17, 15) is 28.3 Å². The summed E-state index contributed by atoms with van der Waals surface area (Å²) < 4.78 is 29.1. The number of nitrogens with one attached hydrogen (secondary N) is 2. The Morgan fingerprint density at radius 3 is 2.50 bits per heavy atom. The van der Waals surface area contributed by atoms with Crippen LogP contribution < -0.4 is 15.6 Å². The van der Waals surface area contributed by atoms with E-state index in [4.69, 9.17) is 0 Å². The lowest BCUT2D eigenvalue weighted by Crippen LogP contribution is -2.26. The largest absolute Gasteiger partial charge is 0.506 e. The van der Waals surface area contributed by atoms with E-state index in [0.717, 1.165) is 41.1 Å². The topological polar surface area (TPSA) is 111 Å². The van der Waals surface area contributed by atoms with Crippen LogP contribution in [0.1, 0.15) is 30.0 Å². The molecule has 2 aliphatic heterocycles. The fourth-order valence-electron chi connectivity index (χ4n) is 4.17. The molecule has 0 unspecified atom stereocenters. The van der Waals surface area contributed by atoms with Crippen molar-refractivity contribution in [2.24, 2.45) is 5.10 Å². The number of aromatic hydroxyl groups is 1. The van der Waals surface area contributed by atoms with E-state index < -0.39 is 28.7 Å². The van der Waals surface area contributed by atoms with Crippen LogP contribution in [0.3, 0.4) is 0 Å². The summed E-state index contributed by atoms with van der Waals surface area (Å²) in [6.45, 7) is 2.05. The predicted molar refractivity (Wildman–Crippen MR) is 141 cm³/mol. The van der Waals surface area contributed by atoms with Crippen molar-refractivity contribution in [2.75, 3.05) is 10.3 Å². The third-order valence-corrected chi connectivity index (χ3v) is 6.71. The molecule has 0 spiro atoms. The van der Waals surface area contributed by atoms with Crippen molar-refractivity contribution in [3.8, 4) is 5.75 Å².